The maximum absolute atomic E-state index is 12.4. The predicted molar refractivity (Wildman–Crippen MR) is 109 cm³/mol. The second kappa shape index (κ2) is 6.78. The van der Waals surface area contributed by atoms with Crippen molar-refractivity contribution < 1.29 is 19.1 Å². The molecule has 3 atom stereocenters. The molecular formula is C23H21ClO4. The van der Waals surface area contributed by atoms with Crippen molar-refractivity contribution in [2.45, 2.75) is 38.5 Å². The zero-order valence-corrected chi connectivity index (χ0v) is 16.6. The lowest BCUT2D eigenvalue weighted by Crippen LogP contribution is -2.14. The topological polar surface area (TPSA) is 52.6 Å². The predicted octanol–water partition coefficient (Wildman–Crippen LogP) is 5.68. The van der Waals surface area contributed by atoms with Gasteiger partial charge in [-0.15, -0.1) is 0 Å². The summed E-state index contributed by atoms with van der Waals surface area (Å²) in [7, 11) is 0. The molecule has 2 aliphatic carbocycles. The van der Waals surface area contributed by atoms with Crippen LogP contribution >= 0.6 is 11.6 Å². The van der Waals surface area contributed by atoms with Crippen molar-refractivity contribution in [1.82, 2.24) is 0 Å². The number of halogens is 1. The Kier molecular flexibility index (Phi) is 4.54. The van der Waals surface area contributed by atoms with Gasteiger partial charge in [-0.25, -0.2) is 9.59 Å². The Hall–Kier alpha value is -2.59. The quantitative estimate of drug-likeness (QED) is 0.379. The van der Waals surface area contributed by atoms with E-state index in [-0.39, 0.29) is 11.8 Å². The summed E-state index contributed by atoms with van der Waals surface area (Å²) in [6, 6.07) is 5.37. The number of rotatable bonds is 4. The van der Waals surface area contributed by atoms with Gasteiger partial charge < -0.3 is 9.47 Å². The highest BCUT2D eigenvalue weighted by molar-refractivity contribution is 6.36. The SMILES string of the molecule is C=CC(=O)Oc1c2c(c(OC(=O)C(=C)C)c3cccc(Cl)c13)C1CCC2C1C. The van der Waals surface area contributed by atoms with Gasteiger partial charge in [0.05, 0.1) is 5.02 Å². The van der Waals surface area contributed by atoms with Crippen molar-refractivity contribution in [2.75, 3.05) is 0 Å². The van der Waals surface area contributed by atoms with E-state index < -0.39 is 11.9 Å². The second-order valence-corrected chi connectivity index (χ2v) is 8.00. The summed E-state index contributed by atoms with van der Waals surface area (Å²) in [6.45, 7) is 11.0. The summed E-state index contributed by atoms with van der Waals surface area (Å²) in [6.07, 6.45) is 3.15. The molecule has 2 bridgehead atoms. The Balaban J connectivity index is 2.08. The third-order valence-corrected chi connectivity index (χ3v) is 6.29. The van der Waals surface area contributed by atoms with Crippen molar-refractivity contribution in [1.29, 1.82) is 0 Å². The Morgan fingerprint density at radius 2 is 1.79 bits per heavy atom. The summed E-state index contributed by atoms with van der Waals surface area (Å²) >= 11 is 6.52. The van der Waals surface area contributed by atoms with Gasteiger partial charge in [-0.05, 0) is 43.6 Å². The lowest BCUT2D eigenvalue weighted by molar-refractivity contribution is -0.130. The number of hydrogen-bond donors (Lipinski definition) is 0. The van der Waals surface area contributed by atoms with Gasteiger partial charge in [-0.1, -0.05) is 43.8 Å². The minimum atomic E-state index is -0.537. The average molecular weight is 397 g/mol. The molecular weight excluding hydrogens is 376 g/mol. The van der Waals surface area contributed by atoms with Crippen molar-refractivity contribution in [3.63, 3.8) is 0 Å². The van der Waals surface area contributed by atoms with Crippen LogP contribution in [0.15, 0.2) is 43.0 Å². The molecule has 144 valence electrons. The number of benzene rings is 2. The van der Waals surface area contributed by atoms with Crippen LogP contribution in [0.25, 0.3) is 10.8 Å². The minimum Gasteiger partial charge on any atom is -0.422 e. The van der Waals surface area contributed by atoms with Crippen LogP contribution in [0.2, 0.25) is 5.02 Å². The maximum Gasteiger partial charge on any atom is 0.338 e. The Morgan fingerprint density at radius 3 is 2.39 bits per heavy atom. The first-order valence-electron chi connectivity index (χ1n) is 9.35. The van der Waals surface area contributed by atoms with Gasteiger partial charge in [0.1, 0.15) is 11.5 Å². The minimum absolute atomic E-state index is 0.232. The van der Waals surface area contributed by atoms with Gasteiger partial charge in [0.15, 0.2) is 0 Å². The molecule has 4 nitrogen and oxygen atoms in total. The van der Waals surface area contributed by atoms with E-state index in [4.69, 9.17) is 21.1 Å². The fraction of sp³-hybridized carbons (Fsp3) is 0.304. The van der Waals surface area contributed by atoms with E-state index in [2.05, 4.69) is 20.1 Å². The number of carbonyl (C=O) groups is 2. The number of carbonyl (C=O) groups excluding carboxylic acids is 2. The molecule has 1 saturated carbocycles. The standard InChI is InChI=1S/C23H21ClO4/c1-5-17(25)27-22-18-15(7-6-8-16(18)24)21(28-23(26)11(2)3)19-13-9-10-14(12(13)4)20(19)22/h5-8,12-14H,1-2,9-10H2,3-4H3. The molecule has 5 heteroatoms. The van der Waals surface area contributed by atoms with Gasteiger partial charge >= 0.3 is 11.9 Å². The molecule has 0 saturated heterocycles. The molecule has 4 rings (SSSR count). The molecule has 28 heavy (non-hydrogen) atoms. The molecule has 0 aliphatic heterocycles. The van der Waals surface area contributed by atoms with Gasteiger partial charge in [0.25, 0.3) is 0 Å². The molecule has 3 unspecified atom stereocenters. The third kappa shape index (κ3) is 2.67. The normalized spacial score (nSPS) is 22.0. The first kappa shape index (κ1) is 18.8. The largest absolute Gasteiger partial charge is 0.422 e. The number of fused-ring (bicyclic) bond motifs is 6. The molecule has 2 aromatic carbocycles. The summed E-state index contributed by atoms with van der Waals surface area (Å²) in [5, 5.41) is 1.69. The molecule has 0 amide bonds. The highest BCUT2D eigenvalue weighted by Crippen LogP contribution is 2.64. The van der Waals surface area contributed by atoms with Gasteiger partial charge in [0.2, 0.25) is 0 Å². The summed E-state index contributed by atoms with van der Waals surface area (Å²) in [5.74, 6) is 0.815. The monoisotopic (exact) mass is 396 g/mol. The Labute approximate surface area is 168 Å². The number of hydrogen-bond acceptors (Lipinski definition) is 4. The fourth-order valence-electron chi connectivity index (χ4n) is 4.72. The molecule has 0 aromatic heterocycles. The van der Waals surface area contributed by atoms with Crippen LogP contribution in [0.3, 0.4) is 0 Å². The van der Waals surface area contributed by atoms with E-state index in [0.29, 0.717) is 38.8 Å². The van der Waals surface area contributed by atoms with Gasteiger partial charge in [0, 0.05) is 33.5 Å². The smallest absolute Gasteiger partial charge is 0.338 e. The first-order chi connectivity index (χ1) is 13.3. The van der Waals surface area contributed by atoms with Crippen LogP contribution < -0.4 is 9.47 Å². The molecule has 0 radical (unpaired) electrons. The van der Waals surface area contributed by atoms with Crippen molar-refractivity contribution in [3.05, 3.63) is 59.2 Å². The average Bonchev–Trinajstić information content (AvgIpc) is 3.16. The number of ether oxygens (including phenoxy) is 2. The van der Waals surface area contributed by atoms with Crippen LogP contribution in [-0.4, -0.2) is 11.9 Å². The molecule has 0 heterocycles. The molecule has 0 spiro atoms. The summed E-state index contributed by atoms with van der Waals surface area (Å²) in [4.78, 5) is 24.5. The zero-order chi connectivity index (χ0) is 20.2. The van der Waals surface area contributed by atoms with E-state index in [1.807, 2.05) is 6.07 Å². The third-order valence-electron chi connectivity index (χ3n) is 5.98. The Morgan fingerprint density at radius 1 is 1.14 bits per heavy atom. The van der Waals surface area contributed by atoms with Crippen LogP contribution in [0, 0.1) is 5.92 Å². The van der Waals surface area contributed by atoms with E-state index >= 15 is 0 Å². The van der Waals surface area contributed by atoms with Crippen LogP contribution in [0.1, 0.15) is 49.7 Å². The Bertz CT molecular complexity index is 1050. The van der Waals surface area contributed by atoms with Gasteiger partial charge in [-0.2, -0.15) is 0 Å². The maximum atomic E-state index is 12.4. The van der Waals surface area contributed by atoms with Crippen molar-refractivity contribution in [2.24, 2.45) is 5.92 Å². The first-order valence-corrected chi connectivity index (χ1v) is 9.72. The molecule has 2 aromatic rings. The van der Waals surface area contributed by atoms with E-state index in [1.165, 1.54) is 0 Å². The van der Waals surface area contributed by atoms with E-state index in [0.717, 1.165) is 30.0 Å². The van der Waals surface area contributed by atoms with Crippen LogP contribution in [0.5, 0.6) is 11.5 Å². The highest BCUT2D eigenvalue weighted by atomic mass is 35.5. The summed E-state index contributed by atoms with van der Waals surface area (Å²) in [5.41, 5.74) is 2.21. The molecule has 2 aliphatic rings. The second-order valence-electron chi connectivity index (χ2n) is 7.59. The number of esters is 2. The van der Waals surface area contributed by atoms with Crippen molar-refractivity contribution >= 4 is 34.3 Å². The van der Waals surface area contributed by atoms with Crippen LogP contribution in [-0.2, 0) is 9.59 Å². The van der Waals surface area contributed by atoms with Crippen molar-refractivity contribution in [3.8, 4) is 11.5 Å². The lowest BCUT2D eigenvalue weighted by Gasteiger charge is -2.24. The zero-order valence-electron chi connectivity index (χ0n) is 15.9. The molecule has 1 fully saturated rings. The fourth-order valence-corrected chi connectivity index (χ4v) is 4.98. The lowest BCUT2D eigenvalue weighted by atomic mass is 9.87. The van der Waals surface area contributed by atoms with E-state index in [1.54, 1.807) is 19.1 Å². The highest BCUT2D eigenvalue weighted by Gasteiger charge is 2.48. The molecule has 0 N–H and O–H groups in total. The summed E-state index contributed by atoms with van der Waals surface area (Å²) < 4.78 is 11.5. The van der Waals surface area contributed by atoms with E-state index in [9.17, 15) is 9.59 Å². The van der Waals surface area contributed by atoms with Crippen LogP contribution in [0.4, 0.5) is 0 Å². The van der Waals surface area contributed by atoms with Gasteiger partial charge in [-0.3, -0.25) is 0 Å².